The maximum Gasteiger partial charge on any atom is 0.401 e. The van der Waals surface area contributed by atoms with E-state index in [1.165, 1.54) is 4.90 Å². The van der Waals surface area contributed by atoms with Crippen LogP contribution in [0.3, 0.4) is 0 Å². The zero-order valence-corrected chi connectivity index (χ0v) is 11.3. The number of hydrogen-bond acceptors (Lipinski definition) is 2. The first-order valence-electron chi connectivity index (χ1n) is 6.50. The monoisotopic (exact) mass is 274 g/mol. The molecule has 0 aliphatic carbocycles. The first-order chi connectivity index (χ1) is 8.89. The summed E-state index contributed by atoms with van der Waals surface area (Å²) >= 11 is 0. The molecule has 1 aromatic carbocycles. The molecule has 0 saturated carbocycles. The molecule has 2 unspecified atom stereocenters. The lowest BCUT2D eigenvalue weighted by molar-refractivity contribution is -0.151. The van der Waals surface area contributed by atoms with E-state index in [0.29, 0.717) is 13.0 Å². The van der Waals surface area contributed by atoms with Gasteiger partial charge in [0.25, 0.3) is 0 Å². The summed E-state index contributed by atoms with van der Waals surface area (Å²) in [4.78, 5) is 1.40. The van der Waals surface area contributed by atoms with Gasteiger partial charge in [-0.2, -0.15) is 13.2 Å². The van der Waals surface area contributed by atoms with Gasteiger partial charge in [-0.25, -0.2) is 0 Å². The van der Waals surface area contributed by atoms with Gasteiger partial charge >= 0.3 is 6.18 Å². The molecule has 1 rings (SSSR count). The molecule has 0 spiro atoms. The zero-order valence-electron chi connectivity index (χ0n) is 11.3. The molecule has 0 bridgehead atoms. The van der Waals surface area contributed by atoms with Crippen molar-refractivity contribution in [1.82, 2.24) is 4.90 Å². The first-order valence-corrected chi connectivity index (χ1v) is 6.50. The number of likely N-dealkylation sites (N-methyl/N-ethyl adjacent to an activating group) is 1. The van der Waals surface area contributed by atoms with Crippen molar-refractivity contribution in [3.8, 4) is 0 Å². The van der Waals surface area contributed by atoms with Crippen LogP contribution >= 0.6 is 0 Å². The summed E-state index contributed by atoms with van der Waals surface area (Å²) in [6.07, 6.45) is -3.61. The van der Waals surface area contributed by atoms with E-state index in [0.717, 1.165) is 5.56 Å². The van der Waals surface area contributed by atoms with Crippen LogP contribution < -0.4 is 5.73 Å². The van der Waals surface area contributed by atoms with Gasteiger partial charge in [-0.05, 0) is 18.5 Å². The van der Waals surface area contributed by atoms with Gasteiger partial charge in [-0.15, -0.1) is 0 Å². The van der Waals surface area contributed by atoms with Crippen LogP contribution in [0.15, 0.2) is 30.3 Å². The molecule has 108 valence electrons. The molecule has 2 nitrogen and oxygen atoms in total. The summed E-state index contributed by atoms with van der Waals surface area (Å²) < 4.78 is 37.7. The van der Waals surface area contributed by atoms with Gasteiger partial charge in [0.1, 0.15) is 0 Å². The van der Waals surface area contributed by atoms with Crippen LogP contribution in [0, 0.1) is 0 Å². The van der Waals surface area contributed by atoms with E-state index in [4.69, 9.17) is 5.73 Å². The quantitative estimate of drug-likeness (QED) is 0.862. The largest absolute Gasteiger partial charge is 0.401 e. The molecule has 5 heteroatoms. The highest BCUT2D eigenvalue weighted by atomic mass is 19.4. The Morgan fingerprint density at radius 2 is 1.74 bits per heavy atom. The van der Waals surface area contributed by atoms with E-state index in [1.54, 1.807) is 6.92 Å². The highest BCUT2D eigenvalue weighted by molar-refractivity contribution is 5.20. The highest BCUT2D eigenvalue weighted by Gasteiger charge is 2.34. The van der Waals surface area contributed by atoms with E-state index in [2.05, 4.69) is 0 Å². The van der Waals surface area contributed by atoms with Crippen LogP contribution in [-0.2, 0) is 0 Å². The van der Waals surface area contributed by atoms with Gasteiger partial charge in [0, 0.05) is 12.1 Å². The van der Waals surface area contributed by atoms with Crippen LogP contribution in [0.1, 0.15) is 31.9 Å². The lowest BCUT2D eigenvalue weighted by Crippen LogP contribution is -2.46. The number of halogens is 3. The van der Waals surface area contributed by atoms with Crippen molar-refractivity contribution < 1.29 is 13.2 Å². The maximum absolute atomic E-state index is 12.6. The third-order valence-electron chi connectivity index (χ3n) is 3.27. The van der Waals surface area contributed by atoms with Gasteiger partial charge in [0.05, 0.1) is 6.54 Å². The number of rotatable bonds is 6. The highest BCUT2D eigenvalue weighted by Crippen LogP contribution is 2.25. The van der Waals surface area contributed by atoms with Crippen molar-refractivity contribution in [2.24, 2.45) is 5.73 Å². The molecule has 0 radical (unpaired) electrons. The Morgan fingerprint density at radius 1 is 1.16 bits per heavy atom. The second-order valence-electron chi connectivity index (χ2n) is 4.59. The van der Waals surface area contributed by atoms with E-state index < -0.39 is 18.8 Å². The Balaban J connectivity index is 2.85. The maximum atomic E-state index is 12.6. The van der Waals surface area contributed by atoms with E-state index in [9.17, 15) is 13.2 Å². The molecule has 2 atom stereocenters. The molecular weight excluding hydrogens is 253 g/mol. The molecule has 0 aromatic heterocycles. The normalized spacial score (nSPS) is 15.5. The minimum atomic E-state index is -4.19. The van der Waals surface area contributed by atoms with Gasteiger partial charge in [-0.3, -0.25) is 4.90 Å². The number of alkyl halides is 3. The fourth-order valence-corrected chi connectivity index (χ4v) is 2.33. The second kappa shape index (κ2) is 6.91. The summed E-state index contributed by atoms with van der Waals surface area (Å²) in [5, 5.41) is 0. The summed E-state index contributed by atoms with van der Waals surface area (Å²) in [6, 6.07) is 8.56. The third-order valence-corrected chi connectivity index (χ3v) is 3.27. The standard InChI is InChI=1S/C14H21F3N2/c1-3-12(19(4-2)10-14(15,16)17)13(18)11-8-6-5-7-9-11/h5-9,12-13H,3-4,10,18H2,1-2H3. The van der Waals surface area contributed by atoms with Gasteiger partial charge < -0.3 is 5.73 Å². The predicted molar refractivity (Wildman–Crippen MR) is 70.8 cm³/mol. The average molecular weight is 274 g/mol. The molecule has 0 amide bonds. The van der Waals surface area contributed by atoms with E-state index in [1.807, 2.05) is 37.3 Å². The number of nitrogens with zero attached hydrogens (tertiary/aromatic N) is 1. The molecule has 0 aliphatic rings. The van der Waals surface area contributed by atoms with Gasteiger partial charge in [-0.1, -0.05) is 44.2 Å². The van der Waals surface area contributed by atoms with Crippen LogP contribution in [0.2, 0.25) is 0 Å². The summed E-state index contributed by atoms with van der Waals surface area (Å²) in [7, 11) is 0. The van der Waals surface area contributed by atoms with Gasteiger partial charge in [0.15, 0.2) is 0 Å². The first kappa shape index (κ1) is 16.0. The smallest absolute Gasteiger partial charge is 0.323 e. The van der Waals surface area contributed by atoms with Crippen molar-refractivity contribution in [3.05, 3.63) is 35.9 Å². The topological polar surface area (TPSA) is 29.3 Å². The lowest BCUT2D eigenvalue weighted by Gasteiger charge is -2.34. The molecule has 19 heavy (non-hydrogen) atoms. The Morgan fingerprint density at radius 3 is 2.16 bits per heavy atom. The Hall–Kier alpha value is -1.07. The molecular formula is C14H21F3N2. The van der Waals surface area contributed by atoms with Crippen LogP contribution in [-0.4, -0.2) is 30.2 Å². The SMILES string of the molecule is CCC(C(N)c1ccccc1)N(CC)CC(F)(F)F. The fourth-order valence-electron chi connectivity index (χ4n) is 2.33. The number of hydrogen-bond donors (Lipinski definition) is 1. The second-order valence-corrected chi connectivity index (χ2v) is 4.59. The number of nitrogens with two attached hydrogens (primary N) is 1. The zero-order chi connectivity index (χ0) is 14.5. The predicted octanol–water partition coefficient (Wildman–Crippen LogP) is 3.35. The Kier molecular flexibility index (Phi) is 5.82. The van der Waals surface area contributed by atoms with Crippen LogP contribution in [0.25, 0.3) is 0 Å². The summed E-state index contributed by atoms with van der Waals surface area (Å²) in [5.74, 6) is 0. The molecule has 0 saturated heterocycles. The number of benzene rings is 1. The summed E-state index contributed by atoms with van der Waals surface area (Å²) in [6.45, 7) is 3.01. The molecule has 0 aliphatic heterocycles. The average Bonchev–Trinajstić information content (AvgIpc) is 2.37. The third kappa shape index (κ3) is 4.84. The van der Waals surface area contributed by atoms with Crippen LogP contribution in [0.4, 0.5) is 13.2 Å². The van der Waals surface area contributed by atoms with Crippen molar-refractivity contribution in [3.63, 3.8) is 0 Å². The molecule has 0 heterocycles. The molecule has 0 fully saturated rings. The van der Waals surface area contributed by atoms with Crippen molar-refractivity contribution >= 4 is 0 Å². The van der Waals surface area contributed by atoms with Crippen molar-refractivity contribution in [2.75, 3.05) is 13.1 Å². The minimum absolute atomic E-state index is 0.311. The summed E-state index contributed by atoms with van der Waals surface area (Å²) in [5.41, 5.74) is 7.01. The van der Waals surface area contributed by atoms with E-state index >= 15 is 0 Å². The van der Waals surface area contributed by atoms with Gasteiger partial charge in [0.2, 0.25) is 0 Å². The van der Waals surface area contributed by atoms with Crippen molar-refractivity contribution in [1.29, 1.82) is 0 Å². The Bertz CT molecular complexity index is 365. The van der Waals surface area contributed by atoms with Crippen molar-refractivity contribution in [2.45, 2.75) is 38.5 Å². The molecule has 2 N–H and O–H groups in total. The van der Waals surface area contributed by atoms with Crippen LogP contribution in [0.5, 0.6) is 0 Å². The molecule has 1 aromatic rings. The minimum Gasteiger partial charge on any atom is -0.323 e. The van der Waals surface area contributed by atoms with E-state index in [-0.39, 0.29) is 6.04 Å². The Labute approximate surface area is 112 Å². The fraction of sp³-hybridized carbons (Fsp3) is 0.571. The lowest BCUT2D eigenvalue weighted by atomic mass is 9.97.